The zero-order valence-electron chi connectivity index (χ0n) is 13.3. The van der Waals surface area contributed by atoms with Crippen molar-refractivity contribution < 1.29 is 8.81 Å². The van der Waals surface area contributed by atoms with Crippen LogP contribution in [0.15, 0.2) is 34.9 Å². The molecular weight excluding hydrogens is 293 g/mol. The van der Waals surface area contributed by atoms with Gasteiger partial charge in [-0.05, 0) is 50.9 Å². The van der Waals surface area contributed by atoms with Crippen LogP contribution in [-0.4, -0.2) is 35.1 Å². The number of aromatic nitrogens is 1. The van der Waals surface area contributed by atoms with Crippen LogP contribution in [0.3, 0.4) is 0 Å². The van der Waals surface area contributed by atoms with Gasteiger partial charge in [0.15, 0.2) is 0 Å². The van der Waals surface area contributed by atoms with Crippen LogP contribution < -0.4 is 5.32 Å². The molecule has 1 aromatic carbocycles. The molecule has 3 heterocycles. The fraction of sp³-hybridized carbons (Fsp3) is 0.500. The molecule has 1 N–H and O–H groups in total. The molecule has 2 aromatic rings. The average Bonchev–Trinajstić information content (AvgIpc) is 3.14. The van der Waals surface area contributed by atoms with E-state index in [2.05, 4.69) is 22.2 Å². The van der Waals surface area contributed by atoms with Gasteiger partial charge in [-0.1, -0.05) is 6.07 Å². The van der Waals surface area contributed by atoms with Crippen molar-refractivity contribution in [2.24, 2.45) is 0 Å². The van der Waals surface area contributed by atoms with Gasteiger partial charge in [-0.2, -0.15) is 0 Å². The summed E-state index contributed by atoms with van der Waals surface area (Å²) in [6.45, 7) is 0.767. The van der Waals surface area contributed by atoms with Crippen molar-refractivity contribution in [3.8, 4) is 11.5 Å². The molecule has 23 heavy (non-hydrogen) atoms. The highest BCUT2D eigenvalue weighted by Gasteiger charge is 2.35. The summed E-state index contributed by atoms with van der Waals surface area (Å²) in [5.74, 6) is 0.211. The maximum absolute atomic E-state index is 13.3. The Morgan fingerprint density at radius 3 is 2.83 bits per heavy atom. The summed E-state index contributed by atoms with van der Waals surface area (Å²) in [4.78, 5) is 6.89. The predicted molar refractivity (Wildman–Crippen MR) is 86.3 cm³/mol. The van der Waals surface area contributed by atoms with Crippen molar-refractivity contribution >= 4 is 0 Å². The molecule has 0 amide bonds. The van der Waals surface area contributed by atoms with E-state index >= 15 is 0 Å². The van der Waals surface area contributed by atoms with E-state index in [0.717, 1.165) is 12.2 Å². The highest BCUT2D eigenvalue weighted by molar-refractivity contribution is 5.52. The Morgan fingerprint density at radius 1 is 1.30 bits per heavy atom. The number of halogens is 1. The second kappa shape index (κ2) is 6.06. The second-order valence-corrected chi connectivity index (χ2v) is 6.83. The van der Waals surface area contributed by atoms with Crippen LogP contribution in [0.5, 0.6) is 0 Å². The third kappa shape index (κ3) is 3.16. The largest absolute Gasteiger partial charge is 0.444 e. The van der Waals surface area contributed by atoms with Crippen LogP contribution in [-0.2, 0) is 6.54 Å². The molecule has 0 saturated carbocycles. The third-order valence-corrected chi connectivity index (χ3v) is 5.11. The number of benzene rings is 1. The first-order valence-corrected chi connectivity index (χ1v) is 8.34. The molecule has 2 aliphatic rings. The summed E-state index contributed by atoms with van der Waals surface area (Å²) >= 11 is 0. The number of hydrogen-bond donors (Lipinski definition) is 1. The molecule has 4 rings (SSSR count). The van der Waals surface area contributed by atoms with Crippen molar-refractivity contribution in [1.29, 1.82) is 0 Å². The van der Waals surface area contributed by atoms with Crippen LogP contribution in [0.2, 0.25) is 0 Å². The first-order chi connectivity index (χ1) is 11.2. The molecule has 2 bridgehead atoms. The first-order valence-electron chi connectivity index (χ1n) is 8.34. The minimum absolute atomic E-state index is 0.274. The highest BCUT2D eigenvalue weighted by Crippen LogP contribution is 2.30. The lowest BCUT2D eigenvalue weighted by atomic mass is 9.98. The zero-order chi connectivity index (χ0) is 15.8. The van der Waals surface area contributed by atoms with E-state index in [4.69, 9.17) is 4.42 Å². The number of fused-ring (bicyclic) bond motifs is 2. The maximum Gasteiger partial charge on any atom is 0.226 e. The van der Waals surface area contributed by atoms with Gasteiger partial charge in [-0.15, -0.1) is 0 Å². The Kier molecular flexibility index (Phi) is 3.91. The Bertz CT molecular complexity index is 674. The molecule has 2 atom stereocenters. The van der Waals surface area contributed by atoms with Crippen LogP contribution in [0.1, 0.15) is 31.4 Å². The van der Waals surface area contributed by atoms with Crippen LogP contribution in [0, 0.1) is 5.82 Å². The molecule has 2 fully saturated rings. The van der Waals surface area contributed by atoms with Crippen molar-refractivity contribution in [3.05, 3.63) is 42.0 Å². The normalized spacial score (nSPS) is 26.8. The average molecular weight is 315 g/mol. The van der Waals surface area contributed by atoms with Gasteiger partial charge in [0.25, 0.3) is 0 Å². The molecule has 0 aliphatic carbocycles. The number of nitrogens with one attached hydrogen (secondary N) is 1. The minimum Gasteiger partial charge on any atom is -0.444 e. The fourth-order valence-electron chi connectivity index (χ4n) is 3.91. The van der Waals surface area contributed by atoms with Crippen LogP contribution >= 0.6 is 0 Å². The number of piperidine rings is 1. The fourth-order valence-corrected chi connectivity index (χ4v) is 3.91. The van der Waals surface area contributed by atoms with Gasteiger partial charge in [-0.25, -0.2) is 9.37 Å². The van der Waals surface area contributed by atoms with Gasteiger partial charge in [0, 0.05) is 30.2 Å². The van der Waals surface area contributed by atoms with Gasteiger partial charge in [0.05, 0.1) is 5.69 Å². The van der Waals surface area contributed by atoms with Gasteiger partial charge in [0.2, 0.25) is 5.89 Å². The van der Waals surface area contributed by atoms with E-state index in [9.17, 15) is 4.39 Å². The summed E-state index contributed by atoms with van der Waals surface area (Å²) in [6.07, 6.45) is 6.72. The number of hydrogen-bond acceptors (Lipinski definition) is 4. The standard InChI is InChI=1S/C18H22FN3O/c1-22(17-8-14-5-6-15(9-17)20-14)10-16-11-23-18(21-16)12-3-2-4-13(19)7-12/h2-4,7,11,14-15,17,20H,5-6,8-10H2,1H3. The summed E-state index contributed by atoms with van der Waals surface area (Å²) in [5.41, 5.74) is 1.58. The molecular formula is C18H22FN3O. The number of nitrogens with zero attached hydrogens (tertiary/aromatic N) is 2. The Hall–Kier alpha value is -1.72. The SMILES string of the molecule is CN(Cc1coc(-c2cccc(F)c2)n1)C1CC2CCC(C1)N2. The summed E-state index contributed by atoms with van der Waals surface area (Å²) in [5, 5.41) is 3.67. The number of rotatable bonds is 4. The van der Waals surface area contributed by atoms with Crippen molar-refractivity contribution in [3.63, 3.8) is 0 Å². The summed E-state index contributed by atoms with van der Waals surface area (Å²) in [6, 6.07) is 8.32. The minimum atomic E-state index is -0.274. The lowest BCUT2D eigenvalue weighted by molar-refractivity contribution is 0.164. The molecule has 2 saturated heterocycles. The summed E-state index contributed by atoms with van der Waals surface area (Å²) in [7, 11) is 2.16. The summed E-state index contributed by atoms with van der Waals surface area (Å²) < 4.78 is 18.8. The highest BCUT2D eigenvalue weighted by atomic mass is 19.1. The topological polar surface area (TPSA) is 41.3 Å². The molecule has 5 heteroatoms. The van der Waals surface area contributed by atoms with E-state index < -0.39 is 0 Å². The monoisotopic (exact) mass is 315 g/mol. The van der Waals surface area contributed by atoms with Gasteiger partial charge < -0.3 is 9.73 Å². The van der Waals surface area contributed by atoms with Crippen LogP contribution in [0.25, 0.3) is 11.5 Å². The molecule has 4 nitrogen and oxygen atoms in total. The van der Waals surface area contributed by atoms with E-state index in [1.807, 2.05) is 6.07 Å². The third-order valence-electron chi connectivity index (χ3n) is 5.11. The maximum atomic E-state index is 13.3. The van der Waals surface area contributed by atoms with Crippen molar-refractivity contribution in [1.82, 2.24) is 15.2 Å². The van der Waals surface area contributed by atoms with Crippen LogP contribution in [0.4, 0.5) is 4.39 Å². The van der Waals surface area contributed by atoms with Gasteiger partial charge >= 0.3 is 0 Å². The molecule has 0 spiro atoms. The Labute approximate surface area is 135 Å². The van der Waals surface area contributed by atoms with E-state index in [1.54, 1.807) is 12.3 Å². The quantitative estimate of drug-likeness (QED) is 0.941. The van der Waals surface area contributed by atoms with E-state index in [-0.39, 0.29) is 5.82 Å². The lowest BCUT2D eigenvalue weighted by Gasteiger charge is -2.35. The van der Waals surface area contributed by atoms with Gasteiger partial charge in [-0.3, -0.25) is 4.90 Å². The Morgan fingerprint density at radius 2 is 2.09 bits per heavy atom. The first kappa shape index (κ1) is 14.8. The zero-order valence-corrected chi connectivity index (χ0v) is 13.3. The van der Waals surface area contributed by atoms with Gasteiger partial charge in [0.1, 0.15) is 12.1 Å². The molecule has 0 radical (unpaired) electrons. The lowest BCUT2D eigenvalue weighted by Crippen LogP contribution is -2.46. The molecule has 2 unspecified atom stereocenters. The molecule has 2 aliphatic heterocycles. The molecule has 1 aromatic heterocycles. The number of oxazole rings is 1. The van der Waals surface area contributed by atoms with Crippen molar-refractivity contribution in [2.45, 2.75) is 50.4 Å². The smallest absolute Gasteiger partial charge is 0.226 e. The van der Waals surface area contributed by atoms with E-state index in [0.29, 0.717) is 29.6 Å². The second-order valence-electron chi connectivity index (χ2n) is 6.83. The van der Waals surface area contributed by atoms with Crippen molar-refractivity contribution in [2.75, 3.05) is 7.05 Å². The molecule has 122 valence electrons. The van der Waals surface area contributed by atoms with E-state index in [1.165, 1.54) is 37.8 Å². The predicted octanol–water partition coefficient (Wildman–Crippen LogP) is 3.20. The Balaban J connectivity index is 1.43.